The number of amides is 1. The molecule has 1 atom stereocenters. The minimum Gasteiger partial charge on any atom is -0.462 e. The SMILES string of the molecule is CCOC(=O)c1cnc(SC(C)C(=O)Nc2cccc3ccccc23)nc1N. The Morgan fingerprint density at radius 1 is 1.21 bits per heavy atom. The van der Waals surface area contributed by atoms with Crippen molar-refractivity contribution >= 4 is 45.9 Å². The van der Waals surface area contributed by atoms with E-state index in [0.717, 1.165) is 28.2 Å². The summed E-state index contributed by atoms with van der Waals surface area (Å²) in [6.45, 7) is 3.69. The molecule has 0 aliphatic heterocycles. The van der Waals surface area contributed by atoms with Crippen molar-refractivity contribution in [2.24, 2.45) is 0 Å². The van der Waals surface area contributed by atoms with Crippen LogP contribution < -0.4 is 11.1 Å². The molecule has 28 heavy (non-hydrogen) atoms. The minimum atomic E-state index is -0.571. The number of nitrogen functional groups attached to an aromatic ring is 1. The van der Waals surface area contributed by atoms with Crippen molar-refractivity contribution in [3.8, 4) is 0 Å². The number of hydrogen-bond donors (Lipinski definition) is 2. The number of thioether (sulfide) groups is 1. The number of nitrogens with one attached hydrogen (secondary N) is 1. The van der Waals surface area contributed by atoms with Gasteiger partial charge in [-0.2, -0.15) is 0 Å². The Morgan fingerprint density at radius 3 is 2.71 bits per heavy atom. The first kappa shape index (κ1) is 19.6. The van der Waals surface area contributed by atoms with Gasteiger partial charge >= 0.3 is 5.97 Å². The molecule has 7 nitrogen and oxygen atoms in total. The Kier molecular flexibility index (Phi) is 6.10. The van der Waals surface area contributed by atoms with Gasteiger partial charge in [-0.05, 0) is 25.3 Å². The quantitative estimate of drug-likeness (QED) is 0.373. The number of benzene rings is 2. The van der Waals surface area contributed by atoms with E-state index in [-0.39, 0.29) is 23.9 Å². The Morgan fingerprint density at radius 2 is 1.96 bits per heavy atom. The summed E-state index contributed by atoms with van der Waals surface area (Å²) in [6, 6.07) is 13.6. The van der Waals surface area contributed by atoms with Gasteiger partial charge in [0.25, 0.3) is 0 Å². The number of fused-ring (bicyclic) bond motifs is 1. The lowest BCUT2D eigenvalue weighted by Crippen LogP contribution is -2.23. The van der Waals surface area contributed by atoms with E-state index in [9.17, 15) is 9.59 Å². The zero-order valence-corrected chi connectivity index (χ0v) is 16.3. The molecule has 0 fully saturated rings. The zero-order valence-electron chi connectivity index (χ0n) is 15.5. The summed E-state index contributed by atoms with van der Waals surface area (Å²) in [5, 5.41) is 4.81. The Hall–Kier alpha value is -3.13. The van der Waals surface area contributed by atoms with Crippen LogP contribution in [0.25, 0.3) is 10.8 Å². The first-order valence-corrected chi connectivity index (χ1v) is 9.62. The number of carbonyl (C=O) groups excluding carboxylic acids is 2. The van der Waals surface area contributed by atoms with E-state index >= 15 is 0 Å². The predicted octanol–water partition coefficient (Wildman–Crippen LogP) is 3.51. The third kappa shape index (κ3) is 4.40. The molecular formula is C20H20N4O3S. The van der Waals surface area contributed by atoms with Gasteiger partial charge in [0.05, 0.1) is 11.9 Å². The van der Waals surface area contributed by atoms with Gasteiger partial charge in [-0.25, -0.2) is 14.8 Å². The number of ether oxygens (including phenoxy) is 1. The molecule has 1 unspecified atom stereocenters. The van der Waals surface area contributed by atoms with Crippen LogP contribution in [0.15, 0.2) is 53.8 Å². The smallest absolute Gasteiger partial charge is 0.343 e. The number of rotatable bonds is 6. The third-order valence-electron chi connectivity index (χ3n) is 3.99. The van der Waals surface area contributed by atoms with Gasteiger partial charge in [0, 0.05) is 17.3 Å². The van der Waals surface area contributed by atoms with Crippen molar-refractivity contribution in [3.63, 3.8) is 0 Å². The molecule has 2 aromatic carbocycles. The van der Waals surface area contributed by atoms with Crippen LogP contribution in [-0.2, 0) is 9.53 Å². The lowest BCUT2D eigenvalue weighted by Gasteiger charge is -2.13. The molecule has 1 amide bonds. The maximum absolute atomic E-state index is 12.6. The maximum atomic E-state index is 12.6. The molecule has 3 N–H and O–H groups in total. The van der Waals surface area contributed by atoms with E-state index in [1.54, 1.807) is 13.8 Å². The molecule has 1 aromatic heterocycles. The van der Waals surface area contributed by atoms with E-state index < -0.39 is 11.2 Å². The molecule has 0 saturated carbocycles. The summed E-state index contributed by atoms with van der Waals surface area (Å²) in [4.78, 5) is 32.6. The Balaban J connectivity index is 1.70. The van der Waals surface area contributed by atoms with Crippen LogP contribution in [0.2, 0.25) is 0 Å². The minimum absolute atomic E-state index is 0.0256. The number of carbonyl (C=O) groups is 2. The van der Waals surface area contributed by atoms with Crippen LogP contribution in [-0.4, -0.2) is 33.7 Å². The van der Waals surface area contributed by atoms with Crippen molar-refractivity contribution in [3.05, 3.63) is 54.2 Å². The number of esters is 1. The van der Waals surface area contributed by atoms with Crippen molar-refractivity contribution in [2.45, 2.75) is 24.3 Å². The summed E-state index contributed by atoms with van der Waals surface area (Å²) < 4.78 is 4.90. The third-order valence-corrected chi connectivity index (χ3v) is 4.97. The number of anilines is 2. The van der Waals surface area contributed by atoms with Gasteiger partial charge < -0.3 is 15.8 Å². The monoisotopic (exact) mass is 396 g/mol. The summed E-state index contributed by atoms with van der Waals surface area (Å²) >= 11 is 1.16. The lowest BCUT2D eigenvalue weighted by molar-refractivity contribution is -0.115. The molecule has 0 bridgehead atoms. The Bertz CT molecular complexity index is 1020. The standard InChI is InChI=1S/C20H20N4O3S/c1-3-27-19(26)15-11-22-20(24-17(15)21)28-12(2)18(25)23-16-10-6-8-13-7-4-5-9-14(13)16/h4-12H,3H2,1-2H3,(H,23,25)(H2,21,22,24). The van der Waals surface area contributed by atoms with Gasteiger partial charge in [-0.15, -0.1) is 0 Å². The molecule has 0 radical (unpaired) electrons. The lowest BCUT2D eigenvalue weighted by atomic mass is 10.1. The fourth-order valence-electron chi connectivity index (χ4n) is 2.58. The molecule has 1 heterocycles. The number of hydrogen-bond acceptors (Lipinski definition) is 7. The molecule has 0 aliphatic carbocycles. The molecule has 144 valence electrons. The highest BCUT2D eigenvalue weighted by Gasteiger charge is 2.19. The van der Waals surface area contributed by atoms with E-state index in [1.165, 1.54) is 6.20 Å². The van der Waals surface area contributed by atoms with Crippen LogP contribution in [0.4, 0.5) is 11.5 Å². The van der Waals surface area contributed by atoms with Crippen LogP contribution in [0, 0.1) is 0 Å². The van der Waals surface area contributed by atoms with E-state index in [2.05, 4.69) is 15.3 Å². The van der Waals surface area contributed by atoms with E-state index in [1.807, 2.05) is 42.5 Å². The summed E-state index contributed by atoms with van der Waals surface area (Å²) in [7, 11) is 0. The number of aromatic nitrogens is 2. The topological polar surface area (TPSA) is 107 Å². The van der Waals surface area contributed by atoms with E-state index in [4.69, 9.17) is 10.5 Å². The maximum Gasteiger partial charge on any atom is 0.343 e. The van der Waals surface area contributed by atoms with Crippen LogP contribution in [0.5, 0.6) is 0 Å². The molecule has 3 rings (SSSR count). The molecule has 3 aromatic rings. The second kappa shape index (κ2) is 8.71. The summed E-state index contributed by atoms with van der Waals surface area (Å²) in [6.07, 6.45) is 1.32. The zero-order chi connectivity index (χ0) is 20.1. The van der Waals surface area contributed by atoms with Crippen molar-refractivity contribution in [2.75, 3.05) is 17.7 Å². The van der Waals surface area contributed by atoms with Crippen LogP contribution >= 0.6 is 11.8 Å². The fraction of sp³-hybridized carbons (Fsp3) is 0.200. The molecule has 8 heteroatoms. The van der Waals surface area contributed by atoms with Gasteiger partial charge in [-0.1, -0.05) is 48.2 Å². The van der Waals surface area contributed by atoms with Gasteiger partial charge in [0.15, 0.2) is 5.16 Å². The second-order valence-electron chi connectivity index (χ2n) is 5.95. The van der Waals surface area contributed by atoms with Crippen molar-refractivity contribution in [1.82, 2.24) is 9.97 Å². The highest BCUT2D eigenvalue weighted by Crippen LogP contribution is 2.26. The summed E-state index contributed by atoms with van der Waals surface area (Å²) in [5.74, 6) is -0.728. The van der Waals surface area contributed by atoms with Crippen molar-refractivity contribution < 1.29 is 14.3 Å². The van der Waals surface area contributed by atoms with Crippen molar-refractivity contribution in [1.29, 1.82) is 0 Å². The molecule has 0 saturated heterocycles. The van der Waals surface area contributed by atoms with Gasteiger partial charge in [0.2, 0.25) is 5.91 Å². The highest BCUT2D eigenvalue weighted by atomic mass is 32.2. The fourth-order valence-corrected chi connectivity index (χ4v) is 3.33. The highest BCUT2D eigenvalue weighted by molar-refractivity contribution is 8.00. The average molecular weight is 396 g/mol. The molecular weight excluding hydrogens is 376 g/mol. The first-order chi connectivity index (χ1) is 13.5. The average Bonchev–Trinajstić information content (AvgIpc) is 2.68. The van der Waals surface area contributed by atoms with Crippen LogP contribution in [0.3, 0.4) is 0 Å². The van der Waals surface area contributed by atoms with Gasteiger partial charge in [0.1, 0.15) is 11.4 Å². The first-order valence-electron chi connectivity index (χ1n) is 8.74. The second-order valence-corrected chi connectivity index (χ2v) is 7.26. The van der Waals surface area contributed by atoms with Gasteiger partial charge in [-0.3, -0.25) is 4.79 Å². The molecule has 0 spiro atoms. The Labute approximate surface area is 166 Å². The van der Waals surface area contributed by atoms with Crippen LogP contribution in [0.1, 0.15) is 24.2 Å². The molecule has 0 aliphatic rings. The normalized spacial score (nSPS) is 11.8. The number of nitrogens with zero attached hydrogens (tertiary/aromatic N) is 2. The largest absolute Gasteiger partial charge is 0.462 e. The van der Waals surface area contributed by atoms with E-state index in [0.29, 0.717) is 5.16 Å². The predicted molar refractivity (Wildman–Crippen MR) is 110 cm³/mol. The summed E-state index contributed by atoms with van der Waals surface area (Å²) in [5.41, 5.74) is 6.68. The number of nitrogens with two attached hydrogens (primary N) is 1.